The topological polar surface area (TPSA) is 105 Å². The zero-order valence-corrected chi connectivity index (χ0v) is 25.3. The molecule has 2 N–H and O–H groups in total. The summed E-state index contributed by atoms with van der Waals surface area (Å²) in [7, 11) is -2.26. The van der Waals surface area contributed by atoms with Crippen LogP contribution in [0, 0.1) is 5.41 Å². The summed E-state index contributed by atoms with van der Waals surface area (Å²) in [6.07, 6.45) is 19.1. The van der Waals surface area contributed by atoms with Gasteiger partial charge >= 0.3 is 0 Å². The van der Waals surface area contributed by atoms with Crippen LogP contribution in [-0.2, 0) is 24.3 Å². The Balaban J connectivity index is 0.000000389. The van der Waals surface area contributed by atoms with Gasteiger partial charge in [0, 0.05) is 11.1 Å². The summed E-state index contributed by atoms with van der Waals surface area (Å²) < 4.78 is 30.7. The number of hydrogen-bond acceptors (Lipinski definition) is 5. The standard InChI is InChI=1S/C16H32O.C14H20N2O4S/c1-2-3-4-5-6-7-8-9-10-11-12-13-14-16-15-17-16;1-14(2,3)12(17)9-13(18)16-10-6-5-7-11(8-10)21(19,20)15-4/h16H,2-15H2,1H3;5-8,15H,9H2,1-4H3,(H,16,18). The highest BCUT2D eigenvalue weighted by atomic mass is 32.2. The van der Waals surface area contributed by atoms with Crippen molar-refractivity contribution >= 4 is 27.4 Å². The number of nitrogens with one attached hydrogen (secondary N) is 2. The van der Waals surface area contributed by atoms with Gasteiger partial charge < -0.3 is 10.1 Å². The molecule has 0 aliphatic carbocycles. The molecular formula is C30H52N2O5S. The van der Waals surface area contributed by atoms with Crippen molar-refractivity contribution in [3.8, 4) is 0 Å². The Kier molecular flexibility index (Phi) is 16.7. The van der Waals surface area contributed by atoms with Crippen molar-refractivity contribution < 1.29 is 22.7 Å². The summed E-state index contributed by atoms with van der Waals surface area (Å²) in [6, 6.07) is 5.84. The summed E-state index contributed by atoms with van der Waals surface area (Å²) in [4.78, 5) is 23.6. The third-order valence-electron chi connectivity index (χ3n) is 6.64. The molecule has 1 amide bonds. The van der Waals surface area contributed by atoms with Crippen LogP contribution in [0.5, 0.6) is 0 Å². The first-order chi connectivity index (χ1) is 18.0. The number of anilines is 1. The summed E-state index contributed by atoms with van der Waals surface area (Å²) in [5, 5.41) is 2.53. The van der Waals surface area contributed by atoms with Crippen LogP contribution in [0.4, 0.5) is 5.69 Å². The fraction of sp³-hybridized carbons (Fsp3) is 0.733. The summed E-state index contributed by atoms with van der Waals surface area (Å²) in [5.41, 5.74) is -0.257. The second-order valence-electron chi connectivity index (χ2n) is 11.3. The smallest absolute Gasteiger partial charge is 0.240 e. The van der Waals surface area contributed by atoms with Crippen molar-refractivity contribution in [2.75, 3.05) is 19.0 Å². The van der Waals surface area contributed by atoms with Gasteiger partial charge in [0.25, 0.3) is 0 Å². The number of hydrogen-bond donors (Lipinski definition) is 2. The van der Waals surface area contributed by atoms with Gasteiger partial charge in [-0.25, -0.2) is 13.1 Å². The van der Waals surface area contributed by atoms with Crippen LogP contribution in [0.2, 0.25) is 0 Å². The van der Waals surface area contributed by atoms with Crippen LogP contribution in [0.25, 0.3) is 0 Å². The summed E-state index contributed by atoms with van der Waals surface area (Å²) >= 11 is 0. The van der Waals surface area contributed by atoms with E-state index in [1.807, 2.05) is 0 Å². The molecule has 1 fully saturated rings. The van der Waals surface area contributed by atoms with Gasteiger partial charge in [-0.2, -0.15) is 0 Å². The van der Waals surface area contributed by atoms with Crippen LogP contribution in [-0.4, -0.2) is 39.9 Å². The quantitative estimate of drug-likeness (QED) is 0.116. The van der Waals surface area contributed by atoms with E-state index in [2.05, 4.69) is 17.0 Å². The lowest BCUT2D eigenvalue weighted by atomic mass is 9.89. The number of sulfonamides is 1. The molecule has 1 heterocycles. The number of ketones is 1. The minimum atomic E-state index is -3.57. The lowest BCUT2D eigenvalue weighted by Gasteiger charge is -2.16. The fourth-order valence-electron chi connectivity index (χ4n) is 3.92. The summed E-state index contributed by atoms with van der Waals surface area (Å²) in [5.74, 6) is -0.645. The van der Waals surface area contributed by atoms with Crippen molar-refractivity contribution in [1.29, 1.82) is 0 Å². The first kappa shape index (κ1) is 34.3. The fourth-order valence-corrected chi connectivity index (χ4v) is 4.70. The lowest BCUT2D eigenvalue weighted by Crippen LogP contribution is -2.26. The maximum absolute atomic E-state index is 11.8. The molecule has 8 heteroatoms. The second-order valence-corrected chi connectivity index (χ2v) is 13.2. The number of benzene rings is 1. The number of ether oxygens (including phenoxy) is 1. The van der Waals surface area contributed by atoms with E-state index in [1.165, 1.54) is 109 Å². The van der Waals surface area contributed by atoms with Crippen LogP contribution >= 0.6 is 0 Å². The minimum absolute atomic E-state index is 0.0462. The van der Waals surface area contributed by atoms with Gasteiger partial charge in [0.05, 0.1) is 24.0 Å². The first-order valence-corrected chi connectivity index (χ1v) is 16.0. The van der Waals surface area contributed by atoms with Crippen molar-refractivity contribution in [1.82, 2.24) is 4.72 Å². The van der Waals surface area contributed by atoms with E-state index < -0.39 is 21.3 Å². The van der Waals surface area contributed by atoms with Gasteiger partial charge in [-0.1, -0.05) is 111 Å². The second kappa shape index (κ2) is 18.5. The highest BCUT2D eigenvalue weighted by Crippen LogP contribution is 2.20. The maximum atomic E-state index is 11.8. The number of unbranched alkanes of at least 4 members (excludes halogenated alkanes) is 11. The van der Waals surface area contributed by atoms with Gasteiger partial charge in [0.1, 0.15) is 5.78 Å². The average Bonchev–Trinajstić information content (AvgIpc) is 3.69. The van der Waals surface area contributed by atoms with Gasteiger partial charge in [-0.15, -0.1) is 0 Å². The molecule has 1 aliphatic heterocycles. The van der Waals surface area contributed by atoms with E-state index in [0.29, 0.717) is 11.8 Å². The van der Waals surface area contributed by atoms with Crippen molar-refractivity contribution in [2.45, 2.75) is 129 Å². The van der Waals surface area contributed by atoms with E-state index >= 15 is 0 Å². The Bertz CT molecular complexity index is 921. The molecule has 218 valence electrons. The van der Waals surface area contributed by atoms with Crippen molar-refractivity contribution in [3.63, 3.8) is 0 Å². The number of rotatable bonds is 18. The third-order valence-corrected chi connectivity index (χ3v) is 8.05. The predicted molar refractivity (Wildman–Crippen MR) is 156 cm³/mol. The van der Waals surface area contributed by atoms with Crippen LogP contribution in [0.3, 0.4) is 0 Å². The van der Waals surface area contributed by atoms with E-state index in [0.717, 1.165) is 6.61 Å². The molecular weight excluding hydrogens is 500 g/mol. The van der Waals surface area contributed by atoms with E-state index in [-0.39, 0.29) is 17.1 Å². The first-order valence-electron chi connectivity index (χ1n) is 14.5. The molecule has 38 heavy (non-hydrogen) atoms. The molecule has 1 unspecified atom stereocenters. The number of carbonyl (C=O) groups is 2. The Hall–Kier alpha value is -1.77. The van der Waals surface area contributed by atoms with E-state index in [4.69, 9.17) is 4.74 Å². The Morgan fingerprint density at radius 1 is 0.921 bits per heavy atom. The Morgan fingerprint density at radius 3 is 1.92 bits per heavy atom. The Morgan fingerprint density at radius 2 is 1.45 bits per heavy atom. The number of amides is 1. The minimum Gasteiger partial charge on any atom is -0.373 e. The third kappa shape index (κ3) is 16.2. The maximum Gasteiger partial charge on any atom is 0.240 e. The number of epoxide rings is 1. The molecule has 0 radical (unpaired) electrons. The molecule has 0 saturated carbocycles. The molecule has 7 nitrogen and oxygen atoms in total. The zero-order valence-electron chi connectivity index (χ0n) is 24.4. The van der Waals surface area contributed by atoms with Gasteiger partial charge in [0.2, 0.25) is 15.9 Å². The van der Waals surface area contributed by atoms with Crippen LogP contribution < -0.4 is 10.0 Å². The van der Waals surface area contributed by atoms with Crippen molar-refractivity contribution in [3.05, 3.63) is 24.3 Å². The number of Topliss-reactive ketones (excluding diaryl/α,β-unsaturated/α-hetero) is 1. The molecule has 0 aromatic heterocycles. The normalized spacial score (nSPS) is 14.9. The van der Waals surface area contributed by atoms with Crippen LogP contribution in [0.1, 0.15) is 118 Å². The average molecular weight is 553 g/mol. The highest BCUT2D eigenvalue weighted by Gasteiger charge is 2.24. The molecule has 0 bridgehead atoms. The molecule has 2 rings (SSSR count). The van der Waals surface area contributed by atoms with E-state index in [9.17, 15) is 18.0 Å². The largest absolute Gasteiger partial charge is 0.373 e. The van der Waals surface area contributed by atoms with Gasteiger partial charge in [0.15, 0.2) is 0 Å². The highest BCUT2D eigenvalue weighted by molar-refractivity contribution is 7.89. The summed E-state index contributed by atoms with van der Waals surface area (Å²) in [6.45, 7) is 8.54. The molecule has 1 saturated heterocycles. The predicted octanol–water partition coefficient (Wildman–Crippen LogP) is 7.01. The van der Waals surface area contributed by atoms with Gasteiger partial charge in [-0.3, -0.25) is 9.59 Å². The van der Waals surface area contributed by atoms with Crippen molar-refractivity contribution in [2.24, 2.45) is 5.41 Å². The molecule has 1 aliphatic rings. The lowest BCUT2D eigenvalue weighted by molar-refractivity contribution is -0.130. The van der Waals surface area contributed by atoms with Gasteiger partial charge in [-0.05, 0) is 31.7 Å². The molecule has 1 aromatic carbocycles. The molecule has 0 spiro atoms. The van der Waals surface area contributed by atoms with Crippen LogP contribution in [0.15, 0.2) is 29.2 Å². The zero-order chi connectivity index (χ0) is 28.4. The van der Waals surface area contributed by atoms with E-state index in [1.54, 1.807) is 26.8 Å². The molecule has 1 aromatic rings. The monoisotopic (exact) mass is 552 g/mol. The SMILES string of the molecule is CCCCCCCCCCCCCCC1CO1.CNS(=O)(=O)c1cccc(NC(=O)CC(=O)C(C)(C)C)c1. The Labute approximate surface area is 231 Å². The molecule has 1 atom stereocenters. The number of carbonyl (C=O) groups excluding carboxylic acids is 2.